The molecule has 11 heteroatoms. The van der Waals surface area contributed by atoms with E-state index in [1.54, 1.807) is 0 Å². The predicted octanol–water partition coefficient (Wildman–Crippen LogP) is 1.65. The second-order valence-electron chi connectivity index (χ2n) is 3.83. The molecule has 0 amide bonds. The molecule has 1 rings (SSSR count). The number of ether oxygens (including phenoxy) is 2. The number of nitro benzene ring substituents is 1. The highest BCUT2D eigenvalue weighted by Crippen LogP contribution is 2.33. The summed E-state index contributed by atoms with van der Waals surface area (Å²) in [5, 5.41) is 12.7. The summed E-state index contributed by atoms with van der Waals surface area (Å²) in [7, 11) is 1.87. The van der Waals surface area contributed by atoms with E-state index in [2.05, 4.69) is 9.47 Å². The summed E-state index contributed by atoms with van der Waals surface area (Å²) in [6.45, 7) is 0. The van der Waals surface area contributed by atoms with Gasteiger partial charge in [-0.25, -0.2) is 18.4 Å². The fraction of sp³-hybridized carbons (Fsp3) is 0.167. The number of halogens is 3. The normalized spacial score (nSPS) is 10.9. The Hall–Kier alpha value is -3.11. The minimum Gasteiger partial charge on any atom is -0.466 e. The molecular weight excluding hydrogens is 325 g/mol. The van der Waals surface area contributed by atoms with Gasteiger partial charge in [-0.1, -0.05) is 0 Å². The monoisotopic (exact) mass is 334 g/mol. The fourth-order valence-corrected chi connectivity index (χ4v) is 1.44. The Kier molecular flexibility index (Phi) is 5.65. The third kappa shape index (κ3) is 3.96. The number of nitrogens with one attached hydrogen (secondary N) is 1. The van der Waals surface area contributed by atoms with Crippen LogP contribution in [0.5, 0.6) is 0 Å². The van der Waals surface area contributed by atoms with Gasteiger partial charge in [0.05, 0.1) is 25.2 Å². The number of rotatable bonds is 5. The largest absolute Gasteiger partial charge is 0.466 e. The average Bonchev–Trinajstić information content (AvgIpc) is 2.50. The lowest BCUT2D eigenvalue weighted by Gasteiger charge is -2.11. The van der Waals surface area contributed by atoms with Gasteiger partial charge in [0.2, 0.25) is 5.82 Å². The Labute approximate surface area is 126 Å². The van der Waals surface area contributed by atoms with Crippen molar-refractivity contribution in [1.29, 1.82) is 0 Å². The number of methoxy groups -OCH3 is 2. The summed E-state index contributed by atoms with van der Waals surface area (Å²) in [5.74, 6) is -7.61. The number of carbonyl (C=O) groups excluding carboxylic acids is 2. The van der Waals surface area contributed by atoms with Gasteiger partial charge in [-0.2, -0.15) is 4.39 Å². The van der Waals surface area contributed by atoms with E-state index < -0.39 is 51.4 Å². The molecule has 23 heavy (non-hydrogen) atoms. The van der Waals surface area contributed by atoms with Gasteiger partial charge in [0.1, 0.15) is 5.70 Å². The Morgan fingerprint density at radius 3 is 2.30 bits per heavy atom. The van der Waals surface area contributed by atoms with Gasteiger partial charge < -0.3 is 14.8 Å². The number of nitro groups is 1. The molecule has 0 aromatic heterocycles. The van der Waals surface area contributed by atoms with Gasteiger partial charge in [0, 0.05) is 6.07 Å². The van der Waals surface area contributed by atoms with Crippen LogP contribution in [-0.4, -0.2) is 31.1 Å². The maximum Gasteiger partial charge on any atom is 0.354 e. The molecule has 124 valence electrons. The molecule has 0 saturated heterocycles. The molecule has 0 aliphatic heterocycles. The van der Waals surface area contributed by atoms with Gasteiger partial charge in [-0.05, 0) is 0 Å². The van der Waals surface area contributed by atoms with Crippen molar-refractivity contribution in [3.63, 3.8) is 0 Å². The number of anilines is 1. The highest BCUT2D eigenvalue weighted by molar-refractivity contribution is 5.99. The molecule has 1 aromatic rings. The summed E-state index contributed by atoms with van der Waals surface area (Å²) in [6.07, 6.45) is 0.496. The van der Waals surface area contributed by atoms with Crippen LogP contribution < -0.4 is 5.32 Å². The molecule has 0 atom stereocenters. The van der Waals surface area contributed by atoms with Gasteiger partial charge in [0.25, 0.3) is 0 Å². The summed E-state index contributed by atoms with van der Waals surface area (Å²) in [6, 6.07) is 0.0394. The van der Waals surface area contributed by atoms with Crippen molar-refractivity contribution in [2.24, 2.45) is 0 Å². The lowest BCUT2D eigenvalue weighted by molar-refractivity contribution is -0.387. The summed E-state index contributed by atoms with van der Waals surface area (Å²) in [5.41, 5.74) is -3.52. The van der Waals surface area contributed by atoms with Crippen LogP contribution >= 0.6 is 0 Å². The molecule has 0 radical (unpaired) electrons. The first kappa shape index (κ1) is 17.9. The van der Waals surface area contributed by atoms with Crippen LogP contribution in [0.15, 0.2) is 17.8 Å². The number of esters is 2. The third-order valence-electron chi connectivity index (χ3n) is 2.46. The molecule has 0 spiro atoms. The summed E-state index contributed by atoms with van der Waals surface area (Å²) >= 11 is 0. The van der Waals surface area contributed by atoms with Crippen molar-refractivity contribution in [3.05, 3.63) is 45.4 Å². The number of nitrogens with zero attached hydrogens (tertiary/aromatic N) is 1. The van der Waals surface area contributed by atoms with Crippen molar-refractivity contribution < 1.29 is 37.2 Å². The summed E-state index contributed by atoms with van der Waals surface area (Å²) in [4.78, 5) is 32.1. The second-order valence-corrected chi connectivity index (χ2v) is 3.83. The van der Waals surface area contributed by atoms with Crippen LogP contribution in [0.1, 0.15) is 0 Å². The third-order valence-corrected chi connectivity index (χ3v) is 2.46. The van der Waals surface area contributed by atoms with Crippen LogP contribution in [0.3, 0.4) is 0 Å². The summed E-state index contributed by atoms with van der Waals surface area (Å²) < 4.78 is 48.8. The minimum absolute atomic E-state index is 0.0394. The second kappa shape index (κ2) is 7.24. The van der Waals surface area contributed by atoms with Crippen molar-refractivity contribution in [3.8, 4) is 0 Å². The number of benzene rings is 1. The van der Waals surface area contributed by atoms with Gasteiger partial charge in [0.15, 0.2) is 17.3 Å². The van der Waals surface area contributed by atoms with Gasteiger partial charge in [-0.15, -0.1) is 0 Å². The van der Waals surface area contributed by atoms with Crippen LogP contribution in [0.4, 0.5) is 24.5 Å². The molecular formula is C12H9F3N2O6. The van der Waals surface area contributed by atoms with E-state index in [1.165, 1.54) is 0 Å². The molecule has 0 bridgehead atoms. The van der Waals surface area contributed by atoms with Crippen molar-refractivity contribution in [1.82, 2.24) is 0 Å². The van der Waals surface area contributed by atoms with Crippen LogP contribution in [0.2, 0.25) is 0 Å². The van der Waals surface area contributed by atoms with Crippen LogP contribution in [0.25, 0.3) is 0 Å². The predicted molar refractivity (Wildman–Crippen MR) is 68.7 cm³/mol. The van der Waals surface area contributed by atoms with E-state index >= 15 is 0 Å². The van der Waals surface area contributed by atoms with E-state index in [9.17, 15) is 32.9 Å². The van der Waals surface area contributed by atoms with Crippen LogP contribution in [0, 0.1) is 27.6 Å². The highest BCUT2D eigenvalue weighted by atomic mass is 19.2. The van der Waals surface area contributed by atoms with E-state index in [4.69, 9.17) is 0 Å². The maximum absolute atomic E-state index is 13.7. The van der Waals surface area contributed by atoms with E-state index in [0.29, 0.717) is 6.08 Å². The first-order chi connectivity index (χ1) is 10.7. The van der Waals surface area contributed by atoms with Gasteiger partial charge in [-0.3, -0.25) is 10.1 Å². The molecule has 0 fully saturated rings. The first-order valence-corrected chi connectivity index (χ1v) is 5.69. The van der Waals surface area contributed by atoms with E-state index in [0.717, 1.165) is 14.2 Å². The number of carbonyl (C=O) groups is 2. The first-order valence-electron chi connectivity index (χ1n) is 5.69. The van der Waals surface area contributed by atoms with Gasteiger partial charge >= 0.3 is 17.6 Å². The highest BCUT2D eigenvalue weighted by Gasteiger charge is 2.30. The molecule has 1 N–H and O–H groups in total. The lowest BCUT2D eigenvalue weighted by atomic mass is 10.2. The van der Waals surface area contributed by atoms with E-state index in [1.807, 2.05) is 5.32 Å². The zero-order valence-electron chi connectivity index (χ0n) is 11.7. The number of hydrogen-bond donors (Lipinski definition) is 1. The lowest BCUT2D eigenvalue weighted by Crippen LogP contribution is -2.17. The fourth-order valence-electron chi connectivity index (χ4n) is 1.44. The Bertz CT molecular complexity index is 705. The maximum atomic E-state index is 13.7. The topological polar surface area (TPSA) is 108 Å². The molecule has 0 aliphatic rings. The molecule has 8 nitrogen and oxygen atoms in total. The standard InChI is InChI=1S/C12H9F3N2O6/c1-22-8(18)4-7(12(19)23-2)16-10-6(14)3-5(13)9(15)11(10)17(20)21/h3-4,16H,1-2H3/b7-4+. The van der Waals surface area contributed by atoms with Crippen molar-refractivity contribution in [2.45, 2.75) is 0 Å². The minimum atomic E-state index is -1.94. The molecule has 0 saturated carbocycles. The average molecular weight is 334 g/mol. The molecule has 0 heterocycles. The smallest absolute Gasteiger partial charge is 0.354 e. The van der Waals surface area contributed by atoms with E-state index in [-0.39, 0.29) is 6.07 Å². The zero-order chi connectivity index (χ0) is 17.7. The van der Waals surface area contributed by atoms with Crippen molar-refractivity contribution in [2.75, 3.05) is 19.5 Å². The van der Waals surface area contributed by atoms with Crippen molar-refractivity contribution >= 4 is 23.3 Å². The SMILES string of the molecule is COC(=O)/C=C(/Nc1c(F)cc(F)c(F)c1[N+](=O)[O-])C(=O)OC. The molecule has 0 aliphatic carbocycles. The van der Waals surface area contributed by atoms with Crippen LogP contribution in [-0.2, 0) is 19.1 Å². The Morgan fingerprint density at radius 1 is 1.22 bits per heavy atom. The zero-order valence-corrected chi connectivity index (χ0v) is 11.7. The number of hydrogen-bond acceptors (Lipinski definition) is 7. The molecule has 0 unspecified atom stereocenters. The Balaban J connectivity index is 3.48. The Morgan fingerprint density at radius 2 is 1.83 bits per heavy atom. The quantitative estimate of drug-likeness (QED) is 0.287. The molecule has 1 aromatic carbocycles.